The Balaban J connectivity index is 2.66. The maximum atomic E-state index is 12.2. The lowest BCUT2D eigenvalue weighted by atomic mass is 9.82. The van der Waals surface area contributed by atoms with Gasteiger partial charge in [0.05, 0.1) is 30.2 Å². The fourth-order valence-electron chi connectivity index (χ4n) is 2.45. The number of nitriles is 1. The van der Waals surface area contributed by atoms with Crippen molar-refractivity contribution >= 4 is 29.2 Å². The number of halogens is 2. The Kier molecular flexibility index (Phi) is 5.12. The number of allylic oxidation sites excluding steroid dienone is 2. The van der Waals surface area contributed by atoms with Gasteiger partial charge in [-0.05, 0) is 24.1 Å². The first-order chi connectivity index (χ1) is 10.5. The van der Waals surface area contributed by atoms with Gasteiger partial charge in [-0.15, -0.1) is 0 Å². The second-order valence-electron chi connectivity index (χ2n) is 4.69. The van der Waals surface area contributed by atoms with E-state index in [1.54, 1.807) is 24.4 Å². The fraction of sp³-hybridized carbons (Fsp3) is 0.250. The second kappa shape index (κ2) is 6.87. The molecule has 1 aliphatic heterocycles. The molecule has 1 aliphatic rings. The maximum Gasteiger partial charge on any atom is 0.336 e. The number of ether oxygens (including phenoxy) is 1. The molecule has 1 N–H and O–H groups in total. The highest BCUT2D eigenvalue weighted by molar-refractivity contribution is 6.35. The molecule has 0 radical (unpaired) electrons. The van der Waals surface area contributed by atoms with Crippen LogP contribution in [0.25, 0.3) is 0 Å². The van der Waals surface area contributed by atoms with Crippen molar-refractivity contribution in [3.63, 3.8) is 0 Å². The van der Waals surface area contributed by atoms with Crippen molar-refractivity contribution in [2.24, 2.45) is 0 Å². The van der Waals surface area contributed by atoms with Crippen molar-refractivity contribution in [3.8, 4) is 6.07 Å². The Morgan fingerprint density at radius 3 is 2.73 bits per heavy atom. The van der Waals surface area contributed by atoms with Crippen molar-refractivity contribution in [1.82, 2.24) is 5.32 Å². The molecule has 22 heavy (non-hydrogen) atoms. The second-order valence-corrected chi connectivity index (χ2v) is 5.54. The van der Waals surface area contributed by atoms with Crippen molar-refractivity contribution in [2.75, 3.05) is 7.11 Å². The van der Waals surface area contributed by atoms with Crippen molar-refractivity contribution in [3.05, 3.63) is 56.9 Å². The third-order valence-corrected chi connectivity index (χ3v) is 4.05. The van der Waals surface area contributed by atoms with E-state index in [1.807, 2.05) is 6.92 Å². The quantitative estimate of drug-likeness (QED) is 0.849. The van der Waals surface area contributed by atoms with Gasteiger partial charge in [-0.25, -0.2) is 4.79 Å². The van der Waals surface area contributed by atoms with Gasteiger partial charge in [-0.3, -0.25) is 0 Å². The molecule has 1 aromatic carbocycles. The minimum atomic E-state index is -0.571. The number of nitrogens with one attached hydrogen (secondary N) is 1. The van der Waals surface area contributed by atoms with Gasteiger partial charge in [-0.2, -0.15) is 5.26 Å². The van der Waals surface area contributed by atoms with Gasteiger partial charge in [0.1, 0.15) is 0 Å². The predicted molar refractivity (Wildman–Crippen MR) is 85.4 cm³/mol. The molecule has 0 saturated heterocycles. The molecule has 0 aliphatic carbocycles. The number of benzene rings is 1. The minimum absolute atomic E-state index is 0.391. The molecule has 1 heterocycles. The lowest BCUT2D eigenvalue weighted by Gasteiger charge is -2.27. The van der Waals surface area contributed by atoms with E-state index in [-0.39, 0.29) is 0 Å². The number of carbonyl (C=O) groups is 1. The van der Waals surface area contributed by atoms with Crippen LogP contribution in [0.1, 0.15) is 24.8 Å². The number of hydrogen-bond acceptors (Lipinski definition) is 4. The van der Waals surface area contributed by atoms with E-state index >= 15 is 0 Å². The normalized spacial score (nSPS) is 17.4. The van der Waals surface area contributed by atoms with Gasteiger partial charge in [0, 0.05) is 21.9 Å². The fourth-order valence-corrected chi connectivity index (χ4v) is 2.97. The van der Waals surface area contributed by atoms with Crippen LogP contribution in [0.15, 0.2) is 41.2 Å². The monoisotopic (exact) mass is 336 g/mol. The zero-order valence-electron chi connectivity index (χ0n) is 12.1. The molecule has 1 unspecified atom stereocenters. The molecule has 2 rings (SSSR count). The summed E-state index contributed by atoms with van der Waals surface area (Å²) in [4.78, 5) is 12.2. The zero-order valence-corrected chi connectivity index (χ0v) is 13.6. The topological polar surface area (TPSA) is 62.1 Å². The number of methoxy groups -OCH3 is 1. The third-order valence-electron chi connectivity index (χ3n) is 3.49. The van der Waals surface area contributed by atoms with Crippen LogP contribution in [0.3, 0.4) is 0 Å². The Labute approximate surface area is 139 Å². The first-order valence-corrected chi connectivity index (χ1v) is 7.42. The summed E-state index contributed by atoms with van der Waals surface area (Å²) in [6.07, 6.45) is 2.20. The lowest BCUT2D eigenvalue weighted by molar-refractivity contribution is -0.136. The number of carbonyl (C=O) groups excluding carboxylic acids is 1. The minimum Gasteiger partial charge on any atom is -0.466 e. The van der Waals surface area contributed by atoms with Gasteiger partial charge in [0.25, 0.3) is 0 Å². The van der Waals surface area contributed by atoms with Gasteiger partial charge in [0.2, 0.25) is 0 Å². The van der Waals surface area contributed by atoms with Gasteiger partial charge in [0.15, 0.2) is 0 Å². The van der Waals surface area contributed by atoms with Crippen LogP contribution in [0, 0.1) is 11.3 Å². The van der Waals surface area contributed by atoms with Crippen molar-refractivity contribution < 1.29 is 9.53 Å². The zero-order chi connectivity index (χ0) is 16.3. The number of rotatable bonds is 3. The van der Waals surface area contributed by atoms with Crippen LogP contribution in [0.5, 0.6) is 0 Å². The average molecular weight is 337 g/mol. The van der Waals surface area contributed by atoms with E-state index in [2.05, 4.69) is 11.4 Å². The molecule has 114 valence electrons. The standard InChI is InChI=1S/C16H14Cl2N2O2/c1-3-13-15(16(21)22-2)14(9(7-19)8-20-13)11-5-4-10(17)6-12(11)18/h4-6,8,14,20H,3H2,1-2H3. The largest absolute Gasteiger partial charge is 0.466 e. The summed E-state index contributed by atoms with van der Waals surface area (Å²) in [7, 11) is 1.31. The molecule has 1 atom stereocenters. The highest BCUT2D eigenvalue weighted by atomic mass is 35.5. The van der Waals surface area contributed by atoms with E-state index in [0.717, 1.165) is 0 Å². The molecule has 0 fully saturated rings. The molecular weight excluding hydrogens is 323 g/mol. The number of hydrogen-bond donors (Lipinski definition) is 1. The molecule has 0 aromatic heterocycles. The summed E-state index contributed by atoms with van der Waals surface area (Å²) in [6.45, 7) is 1.91. The lowest BCUT2D eigenvalue weighted by Crippen LogP contribution is -2.26. The van der Waals surface area contributed by atoms with Crippen LogP contribution in [-0.2, 0) is 9.53 Å². The van der Waals surface area contributed by atoms with E-state index in [1.165, 1.54) is 7.11 Å². The molecule has 0 bridgehead atoms. The van der Waals surface area contributed by atoms with Crippen molar-refractivity contribution in [1.29, 1.82) is 5.26 Å². The van der Waals surface area contributed by atoms with Crippen molar-refractivity contribution in [2.45, 2.75) is 19.3 Å². The van der Waals surface area contributed by atoms with E-state index in [9.17, 15) is 10.1 Å². The predicted octanol–water partition coefficient (Wildman–Crippen LogP) is 3.92. The smallest absolute Gasteiger partial charge is 0.336 e. The van der Waals surface area contributed by atoms with Crippen LogP contribution in [0.4, 0.5) is 0 Å². The average Bonchev–Trinajstić information content (AvgIpc) is 2.53. The summed E-state index contributed by atoms with van der Waals surface area (Å²) < 4.78 is 4.89. The Bertz CT molecular complexity index is 717. The summed E-state index contributed by atoms with van der Waals surface area (Å²) in [5.74, 6) is -1.06. The van der Waals surface area contributed by atoms with Gasteiger partial charge < -0.3 is 10.1 Å². The Morgan fingerprint density at radius 1 is 1.45 bits per heavy atom. The van der Waals surface area contributed by atoms with Gasteiger partial charge >= 0.3 is 5.97 Å². The molecule has 0 saturated carbocycles. The van der Waals surface area contributed by atoms with E-state index in [0.29, 0.717) is 38.9 Å². The summed E-state index contributed by atoms with van der Waals surface area (Å²) in [5, 5.41) is 13.3. The summed E-state index contributed by atoms with van der Waals surface area (Å²) in [6, 6.07) is 7.11. The van der Waals surface area contributed by atoms with Gasteiger partial charge in [-0.1, -0.05) is 36.2 Å². The molecule has 0 amide bonds. The number of esters is 1. The van der Waals surface area contributed by atoms with Crippen LogP contribution < -0.4 is 5.32 Å². The van der Waals surface area contributed by atoms with Crippen LogP contribution in [0.2, 0.25) is 10.0 Å². The SMILES string of the molecule is CCC1=C(C(=O)OC)C(c2ccc(Cl)cc2Cl)C(C#N)=CN1. The van der Waals surface area contributed by atoms with Crippen LogP contribution >= 0.6 is 23.2 Å². The molecular formula is C16H14Cl2N2O2. The maximum absolute atomic E-state index is 12.2. The molecule has 0 spiro atoms. The molecule has 6 heteroatoms. The first kappa shape index (κ1) is 16.4. The Hall–Kier alpha value is -1.96. The molecule has 1 aromatic rings. The number of nitrogens with zero attached hydrogens (tertiary/aromatic N) is 1. The summed E-state index contributed by atoms with van der Waals surface area (Å²) in [5.41, 5.74) is 2.14. The van der Waals surface area contributed by atoms with Crippen LogP contribution in [-0.4, -0.2) is 13.1 Å². The highest BCUT2D eigenvalue weighted by Crippen LogP contribution is 2.40. The third kappa shape index (κ3) is 2.96. The number of dihydropyridines is 1. The summed E-state index contributed by atoms with van der Waals surface area (Å²) >= 11 is 12.2. The highest BCUT2D eigenvalue weighted by Gasteiger charge is 2.33. The Morgan fingerprint density at radius 2 is 2.18 bits per heavy atom. The van der Waals surface area contributed by atoms with E-state index in [4.69, 9.17) is 27.9 Å². The van der Waals surface area contributed by atoms with E-state index < -0.39 is 11.9 Å². The molecule has 4 nitrogen and oxygen atoms in total. The first-order valence-electron chi connectivity index (χ1n) is 6.66.